The third-order valence-corrected chi connectivity index (χ3v) is 5.85. The van der Waals surface area contributed by atoms with Gasteiger partial charge in [0.25, 0.3) is 0 Å². The van der Waals surface area contributed by atoms with Crippen LogP contribution in [-0.2, 0) is 6.42 Å². The maximum absolute atomic E-state index is 7.55. The first-order valence-electron chi connectivity index (χ1n) is 11.2. The second kappa shape index (κ2) is 11.0. The number of nitrogens with one attached hydrogen (secondary N) is 1. The van der Waals surface area contributed by atoms with Gasteiger partial charge in [-0.1, -0.05) is 81.3 Å². The molecule has 6 heteroatoms. The molecule has 1 aromatic carbocycles. The number of nitrogens with zero attached hydrogens (tertiary/aromatic N) is 3. The zero-order valence-corrected chi connectivity index (χ0v) is 17.7. The molecule has 0 spiro atoms. The van der Waals surface area contributed by atoms with Crippen molar-refractivity contribution in [1.29, 1.82) is 5.41 Å². The highest BCUT2D eigenvalue weighted by Gasteiger charge is 2.29. The molecule has 6 nitrogen and oxygen atoms in total. The van der Waals surface area contributed by atoms with E-state index >= 15 is 0 Å². The van der Waals surface area contributed by atoms with E-state index < -0.39 is 0 Å². The predicted octanol–water partition coefficient (Wildman–Crippen LogP) is 5.10. The molecule has 0 aliphatic carbocycles. The Bertz CT molecular complexity index is 755. The van der Waals surface area contributed by atoms with E-state index in [0.29, 0.717) is 18.3 Å². The Morgan fingerprint density at radius 1 is 1.10 bits per heavy atom. The van der Waals surface area contributed by atoms with Gasteiger partial charge in [-0.2, -0.15) is 4.98 Å². The van der Waals surface area contributed by atoms with Gasteiger partial charge < -0.3 is 15.2 Å². The van der Waals surface area contributed by atoms with E-state index in [1.807, 2.05) is 4.90 Å². The average Bonchev–Trinajstić information content (AvgIpc) is 3.40. The van der Waals surface area contributed by atoms with E-state index in [-0.39, 0.29) is 11.9 Å². The van der Waals surface area contributed by atoms with Gasteiger partial charge in [-0.05, 0) is 24.8 Å². The highest BCUT2D eigenvalue weighted by Crippen LogP contribution is 2.27. The second-order valence-electron chi connectivity index (χ2n) is 8.19. The summed E-state index contributed by atoms with van der Waals surface area (Å²) >= 11 is 0. The van der Waals surface area contributed by atoms with Crippen LogP contribution in [0.3, 0.4) is 0 Å². The molecule has 1 aromatic heterocycles. The van der Waals surface area contributed by atoms with E-state index in [1.54, 1.807) is 0 Å². The van der Waals surface area contributed by atoms with E-state index in [4.69, 9.17) is 15.7 Å². The summed E-state index contributed by atoms with van der Waals surface area (Å²) in [5.41, 5.74) is 7.93. The SMILES string of the molecule is CCCCCCCCCCc1ccc(-c2noc(C3CCN(C(=N)N)C3)n2)cc1. The highest BCUT2D eigenvalue weighted by atomic mass is 16.5. The topological polar surface area (TPSA) is 92.0 Å². The number of unbranched alkanes of at least 4 members (excludes halogenated alkanes) is 7. The number of likely N-dealkylation sites (tertiary alicyclic amines) is 1. The summed E-state index contributed by atoms with van der Waals surface area (Å²) in [6.45, 7) is 3.71. The second-order valence-corrected chi connectivity index (χ2v) is 8.19. The van der Waals surface area contributed by atoms with Crippen LogP contribution in [0.5, 0.6) is 0 Å². The number of guanidine groups is 1. The fourth-order valence-corrected chi connectivity index (χ4v) is 3.98. The summed E-state index contributed by atoms with van der Waals surface area (Å²) in [7, 11) is 0. The minimum absolute atomic E-state index is 0.110. The van der Waals surface area contributed by atoms with Crippen molar-refractivity contribution in [2.75, 3.05) is 13.1 Å². The van der Waals surface area contributed by atoms with Crippen LogP contribution in [0.1, 0.15) is 82.1 Å². The zero-order chi connectivity index (χ0) is 20.5. The van der Waals surface area contributed by atoms with Crippen LogP contribution >= 0.6 is 0 Å². The molecule has 0 amide bonds. The van der Waals surface area contributed by atoms with Gasteiger partial charge in [0.2, 0.25) is 11.7 Å². The van der Waals surface area contributed by atoms with Crippen LogP contribution in [0.4, 0.5) is 0 Å². The Hall–Kier alpha value is -2.37. The van der Waals surface area contributed by atoms with Crippen LogP contribution in [0.2, 0.25) is 0 Å². The molecule has 1 saturated heterocycles. The minimum Gasteiger partial charge on any atom is -0.370 e. The number of aromatic nitrogens is 2. The molecule has 158 valence electrons. The summed E-state index contributed by atoms with van der Waals surface area (Å²) in [6, 6.07) is 8.54. The largest absolute Gasteiger partial charge is 0.370 e. The molecule has 3 rings (SSSR count). The number of benzene rings is 1. The lowest BCUT2D eigenvalue weighted by molar-refractivity contribution is 0.354. The fourth-order valence-electron chi connectivity index (χ4n) is 3.98. The zero-order valence-electron chi connectivity index (χ0n) is 17.7. The van der Waals surface area contributed by atoms with Crippen LogP contribution < -0.4 is 5.73 Å². The van der Waals surface area contributed by atoms with Gasteiger partial charge in [-0.25, -0.2) is 0 Å². The quantitative estimate of drug-likeness (QED) is 0.312. The molecule has 0 saturated carbocycles. The normalized spacial score (nSPS) is 16.4. The molecule has 1 aliphatic rings. The Balaban J connectivity index is 1.42. The lowest BCUT2D eigenvalue weighted by atomic mass is 10.0. The molecule has 1 atom stereocenters. The smallest absolute Gasteiger partial charge is 0.231 e. The van der Waals surface area contributed by atoms with Crippen molar-refractivity contribution < 1.29 is 4.52 Å². The summed E-state index contributed by atoms with van der Waals surface area (Å²) < 4.78 is 5.49. The van der Waals surface area contributed by atoms with Gasteiger partial charge >= 0.3 is 0 Å². The first kappa shape index (κ1) is 21.3. The Morgan fingerprint density at radius 3 is 2.45 bits per heavy atom. The van der Waals surface area contributed by atoms with Crippen molar-refractivity contribution >= 4 is 5.96 Å². The molecular weight excluding hydrogens is 362 g/mol. The van der Waals surface area contributed by atoms with Gasteiger partial charge in [0.15, 0.2) is 5.96 Å². The third-order valence-electron chi connectivity index (χ3n) is 5.85. The number of hydrogen-bond donors (Lipinski definition) is 2. The van der Waals surface area contributed by atoms with Gasteiger partial charge in [0, 0.05) is 18.7 Å². The maximum atomic E-state index is 7.55. The van der Waals surface area contributed by atoms with Crippen LogP contribution in [0, 0.1) is 5.41 Å². The Morgan fingerprint density at radius 2 is 1.79 bits per heavy atom. The van der Waals surface area contributed by atoms with Crippen molar-refractivity contribution in [3.8, 4) is 11.4 Å². The van der Waals surface area contributed by atoms with Crippen molar-refractivity contribution in [3.05, 3.63) is 35.7 Å². The van der Waals surface area contributed by atoms with Crippen molar-refractivity contribution in [2.24, 2.45) is 5.73 Å². The minimum atomic E-state index is 0.110. The summed E-state index contributed by atoms with van der Waals surface area (Å²) in [5.74, 6) is 1.55. The van der Waals surface area contributed by atoms with E-state index in [9.17, 15) is 0 Å². The molecule has 1 fully saturated rings. The monoisotopic (exact) mass is 397 g/mol. The van der Waals surface area contributed by atoms with Crippen LogP contribution in [0.25, 0.3) is 11.4 Å². The molecule has 2 heterocycles. The number of aryl methyl sites for hydroxylation is 1. The van der Waals surface area contributed by atoms with Gasteiger partial charge in [-0.15, -0.1) is 0 Å². The van der Waals surface area contributed by atoms with Crippen molar-refractivity contribution in [2.45, 2.75) is 77.0 Å². The number of rotatable bonds is 11. The maximum Gasteiger partial charge on any atom is 0.231 e. The summed E-state index contributed by atoms with van der Waals surface area (Å²) in [4.78, 5) is 6.43. The summed E-state index contributed by atoms with van der Waals surface area (Å²) in [5, 5.41) is 11.7. The predicted molar refractivity (Wildman–Crippen MR) is 117 cm³/mol. The van der Waals surface area contributed by atoms with E-state index in [1.165, 1.54) is 56.9 Å². The lowest BCUT2D eigenvalue weighted by Gasteiger charge is -2.14. The van der Waals surface area contributed by atoms with E-state index in [2.05, 4.69) is 41.3 Å². The molecule has 29 heavy (non-hydrogen) atoms. The molecule has 3 N–H and O–H groups in total. The van der Waals surface area contributed by atoms with Crippen molar-refractivity contribution in [1.82, 2.24) is 15.0 Å². The average molecular weight is 398 g/mol. The molecule has 1 aliphatic heterocycles. The summed E-state index contributed by atoms with van der Waals surface area (Å²) in [6.07, 6.45) is 12.8. The Kier molecular flexibility index (Phi) is 8.08. The highest BCUT2D eigenvalue weighted by molar-refractivity contribution is 5.75. The van der Waals surface area contributed by atoms with Crippen LogP contribution in [0.15, 0.2) is 28.8 Å². The standard InChI is InChI=1S/C23H35N5O/c1-2-3-4-5-6-7-8-9-10-18-11-13-19(14-12-18)21-26-22(29-27-21)20-15-16-28(17-20)23(24)25/h11-14,20H,2-10,15-17H2,1H3,(H3,24,25). The van der Waals surface area contributed by atoms with E-state index in [0.717, 1.165) is 24.9 Å². The van der Waals surface area contributed by atoms with Gasteiger partial charge in [0.05, 0.1) is 5.92 Å². The number of hydrogen-bond acceptors (Lipinski definition) is 4. The van der Waals surface area contributed by atoms with Crippen LogP contribution in [-0.4, -0.2) is 34.1 Å². The third kappa shape index (κ3) is 6.31. The van der Waals surface area contributed by atoms with Crippen molar-refractivity contribution in [3.63, 3.8) is 0 Å². The molecule has 0 radical (unpaired) electrons. The lowest BCUT2D eigenvalue weighted by Crippen LogP contribution is -2.34. The first-order chi connectivity index (χ1) is 14.2. The molecule has 2 aromatic rings. The molecular formula is C23H35N5O. The van der Waals surface area contributed by atoms with Gasteiger partial charge in [0.1, 0.15) is 0 Å². The number of nitrogens with two attached hydrogens (primary N) is 1. The fraction of sp³-hybridized carbons (Fsp3) is 0.609. The van der Waals surface area contributed by atoms with Gasteiger partial charge in [-0.3, -0.25) is 5.41 Å². The first-order valence-corrected chi connectivity index (χ1v) is 11.2. The molecule has 0 bridgehead atoms. The Labute approximate surface area is 174 Å². The molecule has 1 unspecified atom stereocenters.